The van der Waals surface area contributed by atoms with E-state index in [-0.39, 0.29) is 6.54 Å². The van der Waals surface area contributed by atoms with Crippen LogP contribution in [0.4, 0.5) is 5.69 Å². The second-order valence-electron chi connectivity index (χ2n) is 5.88. The number of aryl methyl sites for hydroxylation is 1. The maximum absolute atomic E-state index is 12.2. The number of piperazine rings is 1. The molecule has 24 heavy (non-hydrogen) atoms. The summed E-state index contributed by atoms with van der Waals surface area (Å²) in [4.78, 5) is 28.0. The molecular formula is C18H21N3O3. The Kier molecular flexibility index (Phi) is 4.84. The monoisotopic (exact) mass is 327 g/mol. The number of nitrogens with one attached hydrogen (secondary N) is 1. The Labute approximate surface area is 141 Å². The average molecular weight is 327 g/mol. The van der Waals surface area contributed by atoms with Gasteiger partial charge in [0.1, 0.15) is 5.76 Å². The lowest BCUT2D eigenvalue weighted by atomic mass is 10.2. The third-order valence-electron chi connectivity index (χ3n) is 4.13. The van der Waals surface area contributed by atoms with Crippen LogP contribution in [0.25, 0.3) is 0 Å². The fourth-order valence-corrected chi connectivity index (χ4v) is 2.79. The van der Waals surface area contributed by atoms with Gasteiger partial charge in [-0.3, -0.25) is 9.59 Å². The molecule has 0 radical (unpaired) electrons. The largest absolute Gasteiger partial charge is 0.467 e. The van der Waals surface area contributed by atoms with Gasteiger partial charge in [-0.1, -0.05) is 12.1 Å². The number of nitrogens with zero attached hydrogens (tertiary/aromatic N) is 2. The van der Waals surface area contributed by atoms with Gasteiger partial charge in [0.2, 0.25) is 0 Å². The van der Waals surface area contributed by atoms with E-state index in [1.165, 1.54) is 11.8 Å². The highest BCUT2D eigenvalue weighted by atomic mass is 16.3. The first kappa shape index (κ1) is 16.1. The molecule has 2 aromatic rings. The molecule has 6 heteroatoms. The molecule has 0 saturated carbocycles. The third kappa shape index (κ3) is 3.76. The number of anilines is 1. The molecule has 6 nitrogen and oxygen atoms in total. The Bertz CT molecular complexity index is 704. The Balaban J connectivity index is 1.50. The molecular weight excluding hydrogens is 306 g/mol. The molecule has 1 aromatic carbocycles. The fraction of sp³-hybridized carbons (Fsp3) is 0.333. The first-order chi connectivity index (χ1) is 11.6. The molecule has 3 rings (SSSR count). The number of hydrogen-bond donors (Lipinski definition) is 1. The zero-order valence-corrected chi connectivity index (χ0v) is 13.7. The Morgan fingerprint density at radius 2 is 1.92 bits per heavy atom. The molecule has 2 heterocycles. The van der Waals surface area contributed by atoms with Crippen molar-refractivity contribution in [1.29, 1.82) is 0 Å². The quantitative estimate of drug-likeness (QED) is 0.869. The van der Waals surface area contributed by atoms with Crippen LogP contribution in [-0.4, -0.2) is 42.9 Å². The van der Waals surface area contributed by atoms with Crippen molar-refractivity contribution in [3.8, 4) is 0 Å². The van der Waals surface area contributed by atoms with Crippen LogP contribution in [0.15, 0.2) is 47.1 Å². The van der Waals surface area contributed by atoms with Gasteiger partial charge >= 0.3 is 11.8 Å². The van der Waals surface area contributed by atoms with Crippen LogP contribution in [0.2, 0.25) is 0 Å². The zero-order chi connectivity index (χ0) is 16.9. The van der Waals surface area contributed by atoms with Crippen LogP contribution in [0.1, 0.15) is 11.3 Å². The van der Waals surface area contributed by atoms with Gasteiger partial charge in [0.15, 0.2) is 0 Å². The highest BCUT2D eigenvalue weighted by molar-refractivity contribution is 6.35. The van der Waals surface area contributed by atoms with E-state index < -0.39 is 11.8 Å². The molecule has 1 fully saturated rings. The van der Waals surface area contributed by atoms with Crippen molar-refractivity contribution in [2.75, 3.05) is 31.1 Å². The second kappa shape index (κ2) is 7.21. The van der Waals surface area contributed by atoms with Gasteiger partial charge in [-0.15, -0.1) is 0 Å². The van der Waals surface area contributed by atoms with Gasteiger partial charge < -0.3 is 19.5 Å². The minimum atomic E-state index is -0.588. The van der Waals surface area contributed by atoms with Gasteiger partial charge in [0.05, 0.1) is 12.8 Å². The molecule has 0 aliphatic carbocycles. The number of rotatable bonds is 3. The lowest BCUT2D eigenvalue weighted by Crippen LogP contribution is -2.52. The second-order valence-corrected chi connectivity index (χ2v) is 5.88. The summed E-state index contributed by atoms with van der Waals surface area (Å²) >= 11 is 0. The summed E-state index contributed by atoms with van der Waals surface area (Å²) in [5.74, 6) is -0.443. The number of furan rings is 1. The molecule has 0 spiro atoms. The van der Waals surface area contributed by atoms with Crippen LogP contribution < -0.4 is 10.2 Å². The van der Waals surface area contributed by atoms with Crippen LogP contribution in [0.5, 0.6) is 0 Å². The molecule has 1 aromatic heterocycles. The normalized spacial score (nSPS) is 14.5. The lowest BCUT2D eigenvalue weighted by molar-refractivity contribution is -0.146. The van der Waals surface area contributed by atoms with Gasteiger partial charge in [0.25, 0.3) is 0 Å². The molecule has 1 saturated heterocycles. The van der Waals surface area contributed by atoms with E-state index in [1.807, 2.05) is 6.07 Å². The molecule has 1 aliphatic heterocycles. The summed E-state index contributed by atoms with van der Waals surface area (Å²) in [5.41, 5.74) is 2.37. The summed E-state index contributed by atoms with van der Waals surface area (Å²) in [6.07, 6.45) is 1.54. The zero-order valence-electron chi connectivity index (χ0n) is 13.7. The van der Waals surface area contributed by atoms with Gasteiger partial charge in [-0.2, -0.15) is 0 Å². The Hall–Kier alpha value is -2.76. The predicted molar refractivity (Wildman–Crippen MR) is 90.5 cm³/mol. The molecule has 0 unspecified atom stereocenters. The average Bonchev–Trinajstić information content (AvgIpc) is 3.13. The summed E-state index contributed by atoms with van der Waals surface area (Å²) in [7, 11) is 0. The summed E-state index contributed by atoms with van der Waals surface area (Å²) < 4.78 is 5.14. The highest BCUT2D eigenvalue weighted by Gasteiger charge is 2.26. The fourth-order valence-electron chi connectivity index (χ4n) is 2.79. The third-order valence-corrected chi connectivity index (χ3v) is 4.13. The number of amides is 2. The van der Waals surface area contributed by atoms with Crippen molar-refractivity contribution in [3.05, 3.63) is 54.0 Å². The van der Waals surface area contributed by atoms with Crippen LogP contribution in [0.3, 0.4) is 0 Å². The Morgan fingerprint density at radius 3 is 2.58 bits per heavy atom. The van der Waals surface area contributed by atoms with Crippen LogP contribution in [0, 0.1) is 6.92 Å². The van der Waals surface area contributed by atoms with Crippen LogP contribution >= 0.6 is 0 Å². The van der Waals surface area contributed by atoms with Gasteiger partial charge in [-0.25, -0.2) is 0 Å². The maximum atomic E-state index is 12.2. The molecule has 2 amide bonds. The summed E-state index contributed by atoms with van der Waals surface area (Å²) in [6, 6.07) is 11.8. The number of benzene rings is 1. The van der Waals surface area contributed by atoms with Gasteiger partial charge in [0, 0.05) is 31.9 Å². The molecule has 1 aliphatic rings. The topological polar surface area (TPSA) is 65.8 Å². The van der Waals surface area contributed by atoms with E-state index in [2.05, 4.69) is 35.3 Å². The SMILES string of the molecule is Cc1cccc(N2CCN(C(=O)C(=O)NCc3ccco3)CC2)c1. The maximum Gasteiger partial charge on any atom is 0.312 e. The lowest BCUT2D eigenvalue weighted by Gasteiger charge is -2.35. The van der Waals surface area contributed by atoms with E-state index in [9.17, 15) is 9.59 Å². The number of carbonyl (C=O) groups is 2. The molecule has 0 bridgehead atoms. The van der Waals surface area contributed by atoms with E-state index in [4.69, 9.17) is 4.42 Å². The first-order valence-electron chi connectivity index (χ1n) is 8.04. The van der Waals surface area contributed by atoms with Crippen molar-refractivity contribution in [2.45, 2.75) is 13.5 Å². The predicted octanol–water partition coefficient (Wildman–Crippen LogP) is 1.55. The minimum Gasteiger partial charge on any atom is -0.467 e. The van der Waals surface area contributed by atoms with Crippen molar-refractivity contribution < 1.29 is 14.0 Å². The van der Waals surface area contributed by atoms with E-state index >= 15 is 0 Å². The van der Waals surface area contributed by atoms with Crippen molar-refractivity contribution in [1.82, 2.24) is 10.2 Å². The first-order valence-corrected chi connectivity index (χ1v) is 8.04. The molecule has 1 N–H and O–H groups in total. The van der Waals surface area contributed by atoms with E-state index in [1.54, 1.807) is 17.0 Å². The number of hydrogen-bond acceptors (Lipinski definition) is 4. The van der Waals surface area contributed by atoms with Crippen LogP contribution in [-0.2, 0) is 16.1 Å². The summed E-state index contributed by atoms with van der Waals surface area (Å²) in [5, 5.41) is 2.59. The standard InChI is InChI=1S/C18H21N3O3/c1-14-4-2-5-15(12-14)20-7-9-21(10-8-20)18(23)17(22)19-13-16-6-3-11-24-16/h2-6,11-12H,7-10,13H2,1H3,(H,19,22). The van der Waals surface area contributed by atoms with Crippen molar-refractivity contribution in [2.24, 2.45) is 0 Å². The highest BCUT2D eigenvalue weighted by Crippen LogP contribution is 2.17. The molecule has 126 valence electrons. The van der Waals surface area contributed by atoms with Crippen molar-refractivity contribution >= 4 is 17.5 Å². The minimum absolute atomic E-state index is 0.223. The van der Waals surface area contributed by atoms with Crippen molar-refractivity contribution in [3.63, 3.8) is 0 Å². The summed E-state index contributed by atoms with van der Waals surface area (Å²) in [6.45, 7) is 4.82. The van der Waals surface area contributed by atoms with Gasteiger partial charge in [-0.05, 0) is 36.8 Å². The number of carbonyl (C=O) groups excluding carboxylic acids is 2. The van der Waals surface area contributed by atoms with E-state index in [0.29, 0.717) is 18.8 Å². The smallest absolute Gasteiger partial charge is 0.312 e. The van der Waals surface area contributed by atoms with E-state index in [0.717, 1.165) is 18.8 Å². The molecule has 0 atom stereocenters. The Morgan fingerprint density at radius 1 is 1.12 bits per heavy atom.